The van der Waals surface area contributed by atoms with Gasteiger partial charge in [-0.3, -0.25) is 0 Å². The average Bonchev–Trinajstić information content (AvgIpc) is 2.49. The van der Waals surface area contributed by atoms with Gasteiger partial charge in [0, 0.05) is 22.8 Å². The van der Waals surface area contributed by atoms with Gasteiger partial charge in [-0.15, -0.1) is 0 Å². The van der Waals surface area contributed by atoms with Gasteiger partial charge >= 0.3 is 0 Å². The van der Waals surface area contributed by atoms with Crippen molar-refractivity contribution in [1.29, 1.82) is 0 Å². The van der Waals surface area contributed by atoms with E-state index in [4.69, 9.17) is 9.47 Å². The maximum Gasteiger partial charge on any atom is 0.163 e. The van der Waals surface area contributed by atoms with Gasteiger partial charge in [0.05, 0.1) is 13.7 Å². The summed E-state index contributed by atoms with van der Waals surface area (Å²) in [5.41, 5.74) is 3.49. The molecule has 0 radical (unpaired) electrons. The number of anilines is 1. The highest BCUT2D eigenvalue weighted by atomic mass is 79.9. The summed E-state index contributed by atoms with van der Waals surface area (Å²) < 4.78 is 12.0. The first kappa shape index (κ1) is 15.7. The summed E-state index contributed by atoms with van der Waals surface area (Å²) in [5.74, 6) is 1.51. The molecule has 0 atom stereocenters. The number of rotatable bonds is 6. The molecule has 2 rings (SSSR count). The molecule has 4 heteroatoms. The van der Waals surface area contributed by atoms with Crippen molar-refractivity contribution < 1.29 is 9.47 Å². The summed E-state index contributed by atoms with van der Waals surface area (Å²) in [4.78, 5) is 0. The molecule has 2 aromatic carbocycles. The number of ether oxygens (including phenoxy) is 2. The lowest BCUT2D eigenvalue weighted by Gasteiger charge is -2.13. The molecular weight excluding hydrogens is 330 g/mol. The zero-order valence-electron chi connectivity index (χ0n) is 12.6. The molecule has 3 nitrogen and oxygen atoms in total. The molecule has 2 aromatic rings. The van der Waals surface area contributed by atoms with Gasteiger partial charge in [-0.1, -0.05) is 28.1 Å². The van der Waals surface area contributed by atoms with Crippen molar-refractivity contribution in [1.82, 2.24) is 0 Å². The predicted octanol–water partition coefficient (Wildman–Crippen LogP) is 4.78. The number of hydrogen-bond acceptors (Lipinski definition) is 3. The summed E-state index contributed by atoms with van der Waals surface area (Å²) in [6.45, 7) is 5.44. The van der Waals surface area contributed by atoms with E-state index in [2.05, 4.69) is 46.4 Å². The summed E-state index contributed by atoms with van der Waals surface area (Å²) in [7, 11) is 1.65. The second-order valence-corrected chi connectivity index (χ2v) is 5.59. The highest BCUT2D eigenvalue weighted by Crippen LogP contribution is 2.30. The Kier molecular flexibility index (Phi) is 5.51. The maximum absolute atomic E-state index is 5.58. The molecule has 0 aliphatic carbocycles. The number of aryl methyl sites for hydroxylation is 1. The van der Waals surface area contributed by atoms with Crippen LogP contribution in [0, 0.1) is 6.92 Å². The molecule has 0 aliphatic heterocycles. The van der Waals surface area contributed by atoms with Crippen molar-refractivity contribution >= 4 is 21.6 Å². The van der Waals surface area contributed by atoms with Crippen LogP contribution in [0.15, 0.2) is 40.9 Å². The van der Waals surface area contributed by atoms with Crippen LogP contribution < -0.4 is 14.8 Å². The summed E-state index contributed by atoms with van der Waals surface area (Å²) in [6, 6.07) is 12.2. The molecule has 0 heterocycles. The largest absolute Gasteiger partial charge is 0.493 e. The Labute approximate surface area is 134 Å². The number of nitrogens with one attached hydrogen (secondary N) is 1. The standard InChI is InChI=1S/C17H20BrNO2/c1-4-21-17-10-14(6-8-16(17)20-3)19-11-13-5-7-15(18)12(2)9-13/h5-10,19H,4,11H2,1-3H3. The molecule has 112 valence electrons. The molecule has 21 heavy (non-hydrogen) atoms. The van der Waals surface area contributed by atoms with E-state index in [1.165, 1.54) is 11.1 Å². The summed E-state index contributed by atoms with van der Waals surface area (Å²) >= 11 is 3.52. The van der Waals surface area contributed by atoms with Crippen LogP contribution in [0.5, 0.6) is 11.5 Å². The zero-order chi connectivity index (χ0) is 15.2. The number of methoxy groups -OCH3 is 1. The van der Waals surface area contributed by atoms with Crippen LogP contribution in [0.4, 0.5) is 5.69 Å². The van der Waals surface area contributed by atoms with Crippen molar-refractivity contribution in [3.05, 3.63) is 52.0 Å². The first-order chi connectivity index (χ1) is 10.1. The minimum Gasteiger partial charge on any atom is -0.493 e. The van der Waals surface area contributed by atoms with Gasteiger partial charge in [-0.2, -0.15) is 0 Å². The number of halogens is 1. The quantitative estimate of drug-likeness (QED) is 0.814. The fourth-order valence-electron chi connectivity index (χ4n) is 2.08. The molecule has 1 N–H and O–H groups in total. The number of benzene rings is 2. The molecule has 0 fully saturated rings. The van der Waals surface area contributed by atoms with Crippen LogP contribution in [0.3, 0.4) is 0 Å². The van der Waals surface area contributed by atoms with Crippen LogP contribution in [0.25, 0.3) is 0 Å². The van der Waals surface area contributed by atoms with Crippen molar-refractivity contribution in [2.45, 2.75) is 20.4 Å². The highest BCUT2D eigenvalue weighted by Gasteiger charge is 2.05. The van der Waals surface area contributed by atoms with Gasteiger partial charge in [0.1, 0.15) is 0 Å². The molecule has 0 aliphatic rings. The lowest BCUT2D eigenvalue weighted by atomic mass is 10.1. The second kappa shape index (κ2) is 7.36. The zero-order valence-corrected chi connectivity index (χ0v) is 14.2. The Morgan fingerprint density at radius 1 is 1.10 bits per heavy atom. The SMILES string of the molecule is CCOc1cc(NCc2ccc(Br)c(C)c2)ccc1OC. The summed E-state index contributed by atoms with van der Waals surface area (Å²) in [5, 5.41) is 3.41. The first-order valence-electron chi connectivity index (χ1n) is 6.93. The minimum absolute atomic E-state index is 0.617. The van der Waals surface area contributed by atoms with Crippen LogP contribution in [-0.4, -0.2) is 13.7 Å². The fourth-order valence-corrected chi connectivity index (χ4v) is 2.32. The average molecular weight is 350 g/mol. The van der Waals surface area contributed by atoms with E-state index < -0.39 is 0 Å². The highest BCUT2D eigenvalue weighted by molar-refractivity contribution is 9.10. The smallest absolute Gasteiger partial charge is 0.163 e. The topological polar surface area (TPSA) is 30.5 Å². The van der Waals surface area contributed by atoms with Crippen molar-refractivity contribution in [3.8, 4) is 11.5 Å². The van der Waals surface area contributed by atoms with Gasteiger partial charge in [0.25, 0.3) is 0 Å². The van der Waals surface area contributed by atoms with Crippen molar-refractivity contribution in [3.63, 3.8) is 0 Å². The Bertz CT molecular complexity index is 614. The van der Waals surface area contributed by atoms with E-state index in [0.29, 0.717) is 6.61 Å². The van der Waals surface area contributed by atoms with E-state index in [-0.39, 0.29) is 0 Å². The Morgan fingerprint density at radius 2 is 1.90 bits per heavy atom. The van der Waals surface area contributed by atoms with E-state index in [0.717, 1.165) is 28.2 Å². The fraction of sp³-hybridized carbons (Fsp3) is 0.294. The minimum atomic E-state index is 0.617. The third kappa shape index (κ3) is 4.14. The Balaban J connectivity index is 2.08. The van der Waals surface area contributed by atoms with E-state index >= 15 is 0 Å². The van der Waals surface area contributed by atoms with Crippen LogP contribution in [-0.2, 0) is 6.54 Å². The molecule has 0 unspecified atom stereocenters. The van der Waals surface area contributed by atoms with Gasteiger partial charge in [-0.25, -0.2) is 0 Å². The maximum atomic E-state index is 5.58. The van der Waals surface area contributed by atoms with E-state index in [1.807, 2.05) is 25.1 Å². The molecule has 0 amide bonds. The normalized spacial score (nSPS) is 10.3. The molecule has 0 aromatic heterocycles. The lowest BCUT2D eigenvalue weighted by Crippen LogP contribution is -2.01. The van der Waals surface area contributed by atoms with E-state index in [1.54, 1.807) is 7.11 Å². The third-order valence-electron chi connectivity index (χ3n) is 3.18. The van der Waals surface area contributed by atoms with Gasteiger partial charge < -0.3 is 14.8 Å². The second-order valence-electron chi connectivity index (χ2n) is 4.74. The molecule has 0 saturated carbocycles. The Hall–Kier alpha value is -1.68. The van der Waals surface area contributed by atoms with Crippen molar-refractivity contribution in [2.75, 3.05) is 19.0 Å². The third-order valence-corrected chi connectivity index (χ3v) is 4.07. The molecule has 0 saturated heterocycles. The van der Waals surface area contributed by atoms with Crippen molar-refractivity contribution in [2.24, 2.45) is 0 Å². The van der Waals surface area contributed by atoms with Gasteiger partial charge in [0.2, 0.25) is 0 Å². The molecular formula is C17H20BrNO2. The lowest BCUT2D eigenvalue weighted by molar-refractivity contribution is 0.311. The number of hydrogen-bond donors (Lipinski definition) is 1. The monoisotopic (exact) mass is 349 g/mol. The Morgan fingerprint density at radius 3 is 2.57 bits per heavy atom. The van der Waals surface area contributed by atoms with Crippen LogP contribution in [0.2, 0.25) is 0 Å². The van der Waals surface area contributed by atoms with E-state index in [9.17, 15) is 0 Å². The first-order valence-corrected chi connectivity index (χ1v) is 7.73. The molecule has 0 bridgehead atoms. The van der Waals surface area contributed by atoms with Crippen LogP contribution in [0.1, 0.15) is 18.1 Å². The molecule has 0 spiro atoms. The summed E-state index contributed by atoms with van der Waals surface area (Å²) in [6.07, 6.45) is 0. The predicted molar refractivity (Wildman–Crippen MR) is 90.4 cm³/mol. The van der Waals surface area contributed by atoms with Crippen LogP contribution >= 0.6 is 15.9 Å². The van der Waals surface area contributed by atoms with Gasteiger partial charge in [0.15, 0.2) is 11.5 Å². The van der Waals surface area contributed by atoms with Gasteiger partial charge in [-0.05, 0) is 43.2 Å².